The molecule has 0 saturated heterocycles. The van der Waals surface area contributed by atoms with Gasteiger partial charge in [0.15, 0.2) is 0 Å². The number of anilines is 1. The second-order valence-electron chi connectivity index (χ2n) is 4.33. The fourth-order valence-electron chi connectivity index (χ4n) is 1.81. The third-order valence-electron chi connectivity index (χ3n) is 2.95. The van der Waals surface area contributed by atoms with Crippen molar-refractivity contribution in [2.45, 2.75) is 25.8 Å². The van der Waals surface area contributed by atoms with Crippen LogP contribution in [0.15, 0.2) is 12.1 Å². The van der Waals surface area contributed by atoms with Crippen molar-refractivity contribution < 1.29 is 4.39 Å². The molecular formula is C12H11ClFN3. The van der Waals surface area contributed by atoms with Crippen LogP contribution in [0.5, 0.6) is 0 Å². The van der Waals surface area contributed by atoms with Gasteiger partial charge in [-0.25, -0.2) is 14.4 Å². The second-order valence-corrected chi connectivity index (χ2v) is 4.67. The van der Waals surface area contributed by atoms with E-state index in [1.165, 1.54) is 6.07 Å². The minimum Gasteiger partial charge on any atom is -0.367 e. The maximum absolute atomic E-state index is 13.5. The van der Waals surface area contributed by atoms with Crippen LogP contribution in [0.4, 0.5) is 10.2 Å². The molecule has 0 atom stereocenters. The third-order valence-corrected chi connectivity index (χ3v) is 3.12. The Bertz CT molecular complexity index is 596. The number of benzene rings is 1. The molecule has 3 rings (SSSR count). The van der Waals surface area contributed by atoms with E-state index in [-0.39, 0.29) is 11.1 Å². The summed E-state index contributed by atoms with van der Waals surface area (Å²) < 4.78 is 13.5. The molecular weight excluding hydrogens is 241 g/mol. The summed E-state index contributed by atoms with van der Waals surface area (Å²) in [5, 5.41) is 4.26. The standard InChI is InChI=1S/C12H11ClFN3/c1-6-9(14)5-4-8-10(6)16-12(13)17-11(8)15-7-2-3-7/h4-5,7H,2-3H2,1H3,(H,15,16,17). The minimum atomic E-state index is -0.273. The summed E-state index contributed by atoms with van der Waals surface area (Å²) in [5.74, 6) is 0.426. The fourth-order valence-corrected chi connectivity index (χ4v) is 1.98. The number of aromatic nitrogens is 2. The molecule has 1 aromatic carbocycles. The molecule has 0 aliphatic heterocycles. The van der Waals surface area contributed by atoms with Crippen molar-refractivity contribution in [3.63, 3.8) is 0 Å². The highest BCUT2D eigenvalue weighted by Crippen LogP contribution is 2.30. The summed E-state index contributed by atoms with van der Waals surface area (Å²) in [5.41, 5.74) is 1.08. The van der Waals surface area contributed by atoms with Gasteiger partial charge in [0.1, 0.15) is 11.6 Å². The van der Waals surface area contributed by atoms with Gasteiger partial charge in [-0.3, -0.25) is 0 Å². The molecule has 1 heterocycles. The van der Waals surface area contributed by atoms with Gasteiger partial charge < -0.3 is 5.32 Å². The van der Waals surface area contributed by atoms with Gasteiger partial charge in [0.05, 0.1) is 5.52 Å². The largest absolute Gasteiger partial charge is 0.367 e. The van der Waals surface area contributed by atoms with Crippen LogP contribution in [0.25, 0.3) is 10.9 Å². The predicted octanol–water partition coefficient (Wildman–Crippen LogP) is 3.31. The first-order valence-electron chi connectivity index (χ1n) is 5.54. The second kappa shape index (κ2) is 3.81. The Morgan fingerprint density at radius 2 is 2.12 bits per heavy atom. The molecule has 0 radical (unpaired) electrons. The van der Waals surface area contributed by atoms with Gasteiger partial charge in [-0.1, -0.05) is 0 Å². The predicted molar refractivity (Wildman–Crippen MR) is 65.9 cm³/mol. The Morgan fingerprint density at radius 1 is 1.35 bits per heavy atom. The fraction of sp³-hybridized carbons (Fsp3) is 0.333. The molecule has 1 aromatic heterocycles. The monoisotopic (exact) mass is 251 g/mol. The summed E-state index contributed by atoms with van der Waals surface area (Å²) in [7, 11) is 0. The molecule has 17 heavy (non-hydrogen) atoms. The molecule has 1 saturated carbocycles. The zero-order valence-electron chi connectivity index (χ0n) is 9.30. The lowest BCUT2D eigenvalue weighted by Gasteiger charge is -2.09. The normalized spacial score (nSPS) is 15.2. The summed E-state index contributed by atoms with van der Waals surface area (Å²) >= 11 is 5.87. The molecule has 1 N–H and O–H groups in total. The molecule has 5 heteroatoms. The average Bonchev–Trinajstić information content (AvgIpc) is 3.08. The summed E-state index contributed by atoms with van der Waals surface area (Å²) in [4.78, 5) is 8.27. The number of hydrogen-bond donors (Lipinski definition) is 1. The third kappa shape index (κ3) is 1.93. The first kappa shape index (κ1) is 10.7. The molecule has 2 aromatic rings. The summed E-state index contributed by atoms with van der Waals surface area (Å²) in [6, 6.07) is 3.60. The Labute approximate surface area is 103 Å². The van der Waals surface area contributed by atoms with Crippen LogP contribution in [0, 0.1) is 12.7 Å². The van der Waals surface area contributed by atoms with Crippen LogP contribution in [0.3, 0.4) is 0 Å². The van der Waals surface area contributed by atoms with Gasteiger partial charge in [0, 0.05) is 17.0 Å². The first-order valence-corrected chi connectivity index (χ1v) is 5.92. The first-order chi connectivity index (χ1) is 8.15. The van der Waals surface area contributed by atoms with Crippen molar-refractivity contribution in [2.75, 3.05) is 5.32 Å². The van der Waals surface area contributed by atoms with E-state index >= 15 is 0 Å². The van der Waals surface area contributed by atoms with E-state index in [0.29, 0.717) is 22.9 Å². The number of hydrogen-bond acceptors (Lipinski definition) is 3. The van der Waals surface area contributed by atoms with Gasteiger partial charge in [-0.05, 0) is 43.5 Å². The van der Waals surface area contributed by atoms with Crippen LogP contribution in [0.1, 0.15) is 18.4 Å². The number of fused-ring (bicyclic) bond motifs is 1. The Kier molecular flexibility index (Phi) is 2.40. The van der Waals surface area contributed by atoms with Gasteiger partial charge in [0.2, 0.25) is 5.28 Å². The van der Waals surface area contributed by atoms with Crippen molar-refractivity contribution in [1.29, 1.82) is 0 Å². The quantitative estimate of drug-likeness (QED) is 0.833. The van der Waals surface area contributed by atoms with Crippen LogP contribution in [-0.4, -0.2) is 16.0 Å². The smallest absolute Gasteiger partial charge is 0.224 e. The molecule has 88 valence electrons. The lowest BCUT2D eigenvalue weighted by atomic mass is 10.1. The van der Waals surface area contributed by atoms with Gasteiger partial charge in [-0.2, -0.15) is 0 Å². The number of halogens is 2. The lowest BCUT2D eigenvalue weighted by Crippen LogP contribution is -2.05. The SMILES string of the molecule is Cc1c(F)ccc2c(NC3CC3)nc(Cl)nc12. The Hall–Kier alpha value is -1.42. The minimum absolute atomic E-state index is 0.148. The topological polar surface area (TPSA) is 37.8 Å². The molecule has 1 fully saturated rings. The molecule has 1 aliphatic rings. The maximum atomic E-state index is 13.5. The summed E-state index contributed by atoms with van der Waals surface area (Å²) in [6.45, 7) is 1.70. The van der Waals surface area contributed by atoms with Gasteiger partial charge in [0.25, 0.3) is 0 Å². The van der Waals surface area contributed by atoms with Crippen molar-refractivity contribution in [3.05, 3.63) is 28.8 Å². The highest BCUT2D eigenvalue weighted by molar-refractivity contribution is 6.28. The maximum Gasteiger partial charge on any atom is 0.224 e. The van der Waals surface area contributed by atoms with Crippen LogP contribution >= 0.6 is 11.6 Å². The zero-order valence-corrected chi connectivity index (χ0v) is 10.1. The van der Waals surface area contributed by atoms with Crippen molar-refractivity contribution in [1.82, 2.24) is 9.97 Å². The van der Waals surface area contributed by atoms with Crippen molar-refractivity contribution in [3.8, 4) is 0 Å². The van der Waals surface area contributed by atoms with E-state index in [2.05, 4.69) is 15.3 Å². The highest BCUT2D eigenvalue weighted by atomic mass is 35.5. The van der Waals surface area contributed by atoms with E-state index < -0.39 is 0 Å². The van der Waals surface area contributed by atoms with Crippen LogP contribution < -0.4 is 5.32 Å². The Balaban J connectivity index is 2.23. The van der Waals surface area contributed by atoms with E-state index in [9.17, 15) is 4.39 Å². The molecule has 3 nitrogen and oxygen atoms in total. The number of aryl methyl sites for hydroxylation is 1. The Morgan fingerprint density at radius 3 is 2.82 bits per heavy atom. The van der Waals surface area contributed by atoms with E-state index in [4.69, 9.17) is 11.6 Å². The average molecular weight is 252 g/mol. The number of nitrogens with one attached hydrogen (secondary N) is 1. The van der Waals surface area contributed by atoms with Crippen LogP contribution in [-0.2, 0) is 0 Å². The molecule has 0 amide bonds. The van der Waals surface area contributed by atoms with E-state index in [1.54, 1.807) is 13.0 Å². The lowest BCUT2D eigenvalue weighted by molar-refractivity contribution is 0.620. The zero-order chi connectivity index (χ0) is 12.0. The molecule has 0 spiro atoms. The van der Waals surface area contributed by atoms with Gasteiger partial charge in [-0.15, -0.1) is 0 Å². The molecule has 1 aliphatic carbocycles. The van der Waals surface area contributed by atoms with E-state index in [1.807, 2.05) is 0 Å². The van der Waals surface area contributed by atoms with Gasteiger partial charge >= 0.3 is 0 Å². The van der Waals surface area contributed by atoms with Crippen molar-refractivity contribution >= 4 is 28.3 Å². The van der Waals surface area contributed by atoms with Crippen molar-refractivity contribution in [2.24, 2.45) is 0 Å². The molecule has 0 bridgehead atoms. The summed E-state index contributed by atoms with van der Waals surface area (Å²) in [6.07, 6.45) is 2.28. The molecule has 0 unspecified atom stereocenters. The number of rotatable bonds is 2. The van der Waals surface area contributed by atoms with Crippen LogP contribution in [0.2, 0.25) is 5.28 Å². The van der Waals surface area contributed by atoms with E-state index in [0.717, 1.165) is 18.2 Å². The highest BCUT2D eigenvalue weighted by Gasteiger charge is 2.23. The number of nitrogens with zero attached hydrogens (tertiary/aromatic N) is 2.